The lowest BCUT2D eigenvalue weighted by Gasteiger charge is -2.29. The van der Waals surface area contributed by atoms with Gasteiger partial charge in [0.1, 0.15) is 0 Å². The van der Waals surface area contributed by atoms with Crippen molar-refractivity contribution in [3.05, 3.63) is 39.9 Å². The topological polar surface area (TPSA) is 84.3 Å². The minimum Gasteiger partial charge on any atom is -0.355 e. The van der Waals surface area contributed by atoms with Gasteiger partial charge in [0.2, 0.25) is 5.91 Å². The Morgan fingerprint density at radius 3 is 2.68 bits per heavy atom. The minimum atomic E-state index is -0.423. The molecule has 0 aromatic heterocycles. The number of amides is 1. The predicted octanol–water partition coefficient (Wildman–Crippen LogP) is 1.21. The zero-order chi connectivity index (χ0) is 13.8. The van der Waals surface area contributed by atoms with Crippen LogP contribution in [0.5, 0.6) is 0 Å². The number of nitrogens with zero attached hydrogens (tertiary/aromatic N) is 1. The minimum absolute atomic E-state index is 0.0284. The average Bonchev–Trinajstić information content (AvgIpc) is 2.38. The highest BCUT2D eigenvalue weighted by Crippen LogP contribution is 2.15. The summed E-state index contributed by atoms with van der Waals surface area (Å²) in [6.07, 6.45) is 0.962. The third kappa shape index (κ3) is 3.29. The molecule has 19 heavy (non-hydrogen) atoms. The summed E-state index contributed by atoms with van der Waals surface area (Å²) in [5.41, 5.74) is 1.00. The standard InChI is InChI=1S/C13H17N3O3/c1-9-6-7-14-13(17)12(9)15-8-10-2-4-11(5-3-10)16(18)19/h2-5,9,12,15H,6-8H2,1H3,(H,14,17)/t9-,12-/m0/s1. The van der Waals surface area contributed by atoms with E-state index in [1.807, 2.05) is 6.92 Å². The van der Waals surface area contributed by atoms with E-state index in [0.717, 1.165) is 18.5 Å². The van der Waals surface area contributed by atoms with Gasteiger partial charge in [-0.2, -0.15) is 0 Å². The third-order valence-electron chi connectivity index (χ3n) is 3.42. The summed E-state index contributed by atoms with van der Waals surface area (Å²) in [7, 11) is 0. The van der Waals surface area contributed by atoms with Gasteiger partial charge in [0.15, 0.2) is 0 Å². The van der Waals surface area contributed by atoms with Gasteiger partial charge in [0, 0.05) is 25.2 Å². The number of piperidine rings is 1. The molecule has 0 bridgehead atoms. The van der Waals surface area contributed by atoms with E-state index in [-0.39, 0.29) is 17.6 Å². The molecular formula is C13H17N3O3. The van der Waals surface area contributed by atoms with Crippen molar-refractivity contribution in [1.29, 1.82) is 0 Å². The Balaban J connectivity index is 1.94. The maximum Gasteiger partial charge on any atom is 0.269 e. The Morgan fingerprint density at radius 1 is 1.42 bits per heavy atom. The zero-order valence-corrected chi connectivity index (χ0v) is 10.8. The fourth-order valence-electron chi connectivity index (χ4n) is 2.22. The van der Waals surface area contributed by atoms with Crippen molar-refractivity contribution >= 4 is 11.6 Å². The molecule has 1 aliphatic heterocycles. The third-order valence-corrected chi connectivity index (χ3v) is 3.42. The number of rotatable bonds is 4. The first-order chi connectivity index (χ1) is 9.08. The van der Waals surface area contributed by atoms with E-state index >= 15 is 0 Å². The van der Waals surface area contributed by atoms with Crippen LogP contribution in [0, 0.1) is 16.0 Å². The molecule has 0 saturated carbocycles. The second-order valence-electron chi connectivity index (χ2n) is 4.84. The van der Waals surface area contributed by atoms with E-state index in [1.165, 1.54) is 12.1 Å². The van der Waals surface area contributed by atoms with Crippen LogP contribution in [0.15, 0.2) is 24.3 Å². The molecule has 102 valence electrons. The molecule has 2 atom stereocenters. The Morgan fingerprint density at radius 2 is 2.11 bits per heavy atom. The number of nitro groups is 1. The first kappa shape index (κ1) is 13.5. The van der Waals surface area contributed by atoms with Crippen molar-refractivity contribution in [2.75, 3.05) is 6.54 Å². The first-order valence-electron chi connectivity index (χ1n) is 6.32. The summed E-state index contributed by atoms with van der Waals surface area (Å²) in [6, 6.07) is 6.17. The Labute approximate surface area is 111 Å². The van der Waals surface area contributed by atoms with Crippen LogP contribution in [0.4, 0.5) is 5.69 Å². The molecule has 1 heterocycles. The molecule has 1 aliphatic rings. The normalized spacial score (nSPS) is 22.9. The van der Waals surface area contributed by atoms with Crippen LogP contribution in [0.2, 0.25) is 0 Å². The number of hydrogen-bond acceptors (Lipinski definition) is 4. The monoisotopic (exact) mass is 263 g/mol. The molecule has 1 saturated heterocycles. The lowest BCUT2D eigenvalue weighted by atomic mass is 9.94. The highest BCUT2D eigenvalue weighted by atomic mass is 16.6. The smallest absolute Gasteiger partial charge is 0.269 e. The molecule has 1 fully saturated rings. The second-order valence-corrected chi connectivity index (χ2v) is 4.84. The molecule has 6 heteroatoms. The van der Waals surface area contributed by atoms with E-state index in [4.69, 9.17) is 0 Å². The van der Waals surface area contributed by atoms with Crippen molar-refractivity contribution < 1.29 is 9.72 Å². The summed E-state index contributed by atoms with van der Waals surface area (Å²) >= 11 is 0. The Hall–Kier alpha value is -1.95. The molecule has 1 aromatic carbocycles. The lowest BCUT2D eigenvalue weighted by Crippen LogP contribution is -2.52. The number of nitrogens with one attached hydrogen (secondary N) is 2. The van der Waals surface area contributed by atoms with Gasteiger partial charge in [0.05, 0.1) is 11.0 Å². The fourth-order valence-corrected chi connectivity index (χ4v) is 2.22. The molecule has 0 aliphatic carbocycles. The van der Waals surface area contributed by atoms with Crippen molar-refractivity contribution in [3.63, 3.8) is 0 Å². The van der Waals surface area contributed by atoms with Gasteiger partial charge in [-0.05, 0) is 17.9 Å². The van der Waals surface area contributed by atoms with Crippen LogP contribution in [0.1, 0.15) is 18.9 Å². The second kappa shape index (κ2) is 5.79. The van der Waals surface area contributed by atoms with Gasteiger partial charge in [0.25, 0.3) is 5.69 Å². The maximum atomic E-state index is 11.7. The van der Waals surface area contributed by atoms with E-state index < -0.39 is 4.92 Å². The first-order valence-corrected chi connectivity index (χ1v) is 6.32. The van der Waals surface area contributed by atoms with Crippen LogP contribution in [-0.2, 0) is 11.3 Å². The van der Waals surface area contributed by atoms with Crippen molar-refractivity contribution in [3.8, 4) is 0 Å². The Kier molecular flexibility index (Phi) is 4.11. The molecule has 6 nitrogen and oxygen atoms in total. The number of carbonyl (C=O) groups excluding carboxylic acids is 1. The predicted molar refractivity (Wildman–Crippen MR) is 70.5 cm³/mol. The van der Waals surface area contributed by atoms with Gasteiger partial charge in [-0.15, -0.1) is 0 Å². The van der Waals surface area contributed by atoms with Gasteiger partial charge in [-0.3, -0.25) is 14.9 Å². The lowest BCUT2D eigenvalue weighted by molar-refractivity contribution is -0.384. The number of nitro benzene ring substituents is 1. The van der Waals surface area contributed by atoms with Crippen LogP contribution in [0.25, 0.3) is 0 Å². The molecule has 1 amide bonds. The number of non-ortho nitro benzene ring substituents is 1. The van der Waals surface area contributed by atoms with Gasteiger partial charge < -0.3 is 10.6 Å². The highest BCUT2D eigenvalue weighted by Gasteiger charge is 2.27. The van der Waals surface area contributed by atoms with E-state index in [2.05, 4.69) is 10.6 Å². The van der Waals surface area contributed by atoms with E-state index in [1.54, 1.807) is 12.1 Å². The van der Waals surface area contributed by atoms with E-state index in [9.17, 15) is 14.9 Å². The van der Waals surface area contributed by atoms with Crippen LogP contribution < -0.4 is 10.6 Å². The van der Waals surface area contributed by atoms with Crippen molar-refractivity contribution in [2.24, 2.45) is 5.92 Å². The maximum absolute atomic E-state index is 11.7. The molecule has 2 rings (SSSR count). The number of hydrogen-bond donors (Lipinski definition) is 2. The van der Waals surface area contributed by atoms with Crippen LogP contribution in [-0.4, -0.2) is 23.4 Å². The summed E-state index contributed by atoms with van der Waals surface area (Å²) in [5, 5.41) is 16.6. The fraction of sp³-hybridized carbons (Fsp3) is 0.462. The van der Waals surface area contributed by atoms with Crippen molar-refractivity contribution in [1.82, 2.24) is 10.6 Å². The highest BCUT2D eigenvalue weighted by molar-refractivity contribution is 5.82. The molecule has 1 aromatic rings. The summed E-state index contributed by atoms with van der Waals surface area (Å²) in [4.78, 5) is 21.8. The van der Waals surface area contributed by atoms with Gasteiger partial charge in [-0.25, -0.2) is 0 Å². The zero-order valence-electron chi connectivity index (χ0n) is 10.8. The Bertz CT molecular complexity index is 473. The molecular weight excluding hydrogens is 246 g/mol. The van der Waals surface area contributed by atoms with Gasteiger partial charge >= 0.3 is 0 Å². The van der Waals surface area contributed by atoms with Crippen LogP contribution >= 0.6 is 0 Å². The largest absolute Gasteiger partial charge is 0.355 e. The molecule has 0 unspecified atom stereocenters. The summed E-state index contributed by atoms with van der Waals surface area (Å²) in [5.74, 6) is 0.326. The summed E-state index contributed by atoms with van der Waals surface area (Å²) in [6.45, 7) is 3.31. The van der Waals surface area contributed by atoms with Crippen LogP contribution in [0.3, 0.4) is 0 Å². The summed E-state index contributed by atoms with van der Waals surface area (Å²) < 4.78 is 0. The van der Waals surface area contributed by atoms with Gasteiger partial charge in [-0.1, -0.05) is 19.1 Å². The number of benzene rings is 1. The van der Waals surface area contributed by atoms with Crippen molar-refractivity contribution in [2.45, 2.75) is 25.9 Å². The van der Waals surface area contributed by atoms with E-state index in [0.29, 0.717) is 12.5 Å². The molecule has 2 N–H and O–H groups in total. The number of carbonyl (C=O) groups is 1. The average molecular weight is 263 g/mol. The molecule has 0 spiro atoms. The quantitative estimate of drug-likeness (QED) is 0.631. The molecule has 0 radical (unpaired) electrons. The SMILES string of the molecule is C[C@H]1CCNC(=O)[C@H]1NCc1ccc([N+](=O)[O-])cc1.